The Kier molecular flexibility index (Phi) is 4.04. The van der Waals surface area contributed by atoms with Crippen molar-refractivity contribution in [2.45, 2.75) is 25.3 Å². The molecule has 1 amide bonds. The van der Waals surface area contributed by atoms with E-state index in [0.29, 0.717) is 22.2 Å². The summed E-state index contributed by atoms with van der Waals surface area (Å²) in [6, 6.07) is 5.95. The fourth-order valence-corrected chi connectivity index (χ4v) is 2.55. The van der Waals surface area contributed by atoms with E-state index in [9.17, 15) is 14.9 Å². The number of nitro benzene ring substituents is 1. The molecule has 0 aliphatic heterocycles. The van der Waals surface area contributed by atoms with Crippen LogP contribution in [0, 0.1) is 10.1 Å². The van der Waals surface area contributed by atoms with Gasteiger partial charge in [0.2, 0.25) is 0 Å². The Morgan fingerprint density at radius 1 is 1.48 bits per heavy atom. The number of aromatic nitrogens is 2. The van der Waals surface area contributed by atoms with Crippen molar-refractivity contribution in [1.82, 2.24) is 15.1 Å². The van der Waals surface area contributed by atoms with Gasteiger partial charge in [-0.05, 0) is 30.5 Å². The van der Waals surface area contributed by atoms with Crippen molar-refractivity contribution in [1.29, 1.82) is 0 Å². The monoisotopic (exact) mass is 334 g/mol. The molecule has 8 heteroatoms. The molecule has 1 saturated carbocycles. The van der Waals surface area contributed by atoms with Gasteiger partial charge in [-0.2, -0.15) is 5.10 Å². The van der Waals surface area contributed by atoms with Crippen LogP contribution in [0.25, 0.3) is 0 Å². The molecule has 3 rings (SSSR count). The van der Waals surface area contributed by atoms with Crippen LogP contribution in [0.2, 0.25) is 5.02 Å². The van der Waals surface area contributed by atoms with Crippen molar-refractivity contribution >= 4 is 23.2 Å². The van der Waals surface area contributed by atoms with Crippen LogP contribution in [0.1, 0.15) is 40.5 Å². The minimum atomic E-state index is -0.489. The molecule has 1 aromatic heterocycles. The molecule has 0 bridgehead atoms. The van der Waals surface area contributed by atoms with Crippen molar-refractivity contribution in [2.24, 2.45) is 0 Å². The summed E-state index contributed by atoms with van der Waals surface area (Å²) >= 11 is 6.07. The first-order valence-electron chi connectivity index (χ1n) is 7.19. The summed E-state index contributed by atoms with van der Waals surface area (Å²) in [6.07, 6.45) is 2.24. The Morgan fingerprint density at radius 3 is 2.87 bits per heavy atom. The Hall–Kier alpha value is -2.41. The second-order valence-electron chi connectivity index (χ2n) is 5.68. The fourth-order valence-electron chi connectivity index (χ4n) is 2.37. The van der Waals surface area contributed by atoms with E-state index in [1.165, 1.54) is 23.1 Å². The van der Waals surface area contributed by atoms with Crippen LogP contribution in [-0.4, -0.2) is 33.0 Å². The van der Waals surface area contributed by atoms with E-state index < -0.39 is 4.92 Å². The number of amides is 1. The second kappa shape index (κ2) is 6.00. The van der Waals surface area contributed by atoms with Crippen molar-refractivity contribution in [3.8, 4) is 0 Å². The number of nitro groups is 1. The van der Waals surface area contributed by atoms with Gasteiger partial charge in [-0.15, -0.1) is 0 Å². The molecule has 1 aliphatic carbocycles. The molecule has 7 nitrogen and oxygen atoms in total. The van der Waals surface area contributed by atoms with Crippen LogP contribution in [0.5, 0.6) is 0 Å². The lowest BCUT2D eigenvalue weighted by atomic mass is 10.2. The lowest BCUT2D eigenvalue weighted by Gasteiger charge is -2.16. The van der Waals surface area contributed by atoms with Crippen LogP contribution in [-0.2, 0) is 6.54 Å². The van der Waals surface area contributed by atoms with Crippen LogP contribution in [0.15, 0.2) is 24.3 Å². The number of halogens is 1. The molecule has 1 aromatic carbocycles. The topological polar surface area (TPSA) is 92.1 Å². The highest BCUT2D eigenvalue weighted by Gasteiger charge is 2.27. The number of carbonyl (C=O) groups excluding carboxylic acids is 1. The van der Waals surface area contributed by atoms with Gasteiger partial charge >= 0.3 is 0 Å². The standard InChI is InChI=1S/C15H15ClN4O3/c1-19(8-10-6-11(20(22)23)4-5-12(10)16)15(21)14-7-13(17-18-14)9-2-3-9/h4-7,9H,2-3,8H2,1H3,(H,17,18). The zero-order valence-corrected chi connectivity index (χ0v) is 13.2. The molecule has 1 fully saturated rings. The van der Waals surface area contributed by atoms with E-state index in [1.807, 2.05) is 0 Å². The molecule has 0 spiro atoms. The number of nitrogens with one attached hydrogen (secondary N) is 1. The Balaban J connectivity index is 1.74. The Labute approximate surface area is 137 Å². The number of non-ortho nitro benzene ring substituents is 1. The van der Waals surface area contributed by atoms with E-state index in [4.69, 9.17) is 11.6 Å². The predicted octanol–water partition coefficient (Wildman–Crippen LogP) is 3.12. The Morgan fingerprint density at radius 2 is 2.22 bits per heavy atom. The summed E-state index contributed by atoms with van der Waals surface area (Å²) in [5, 5.41) is 18.2. The summed E-state index contributed by atoms with van der Waals surface area (Å²) in [5.41, 5.74) is 1.79. The van der Waals surface area contributed by atoms with Crippen molar-refractivity contribution in [2.75, 3.05) is 7.05 Å². The normalized spacial score (nSPS) is 13.8. The quantitative estimate of drug-likeness (QED) is 0.671. The smallest absolute Gasteiger partial charge is 0.274 e. The average Bonchev–Trinajstić information content (AvgIpc) is 3.26. The summed E-state index contributed by atoms with van der Waals surface area (Å²) < 4.78 is 0. The molecule has 0 radical (unpaired) electrons. The lowest BCUT2D eigenvalue weighted by Crippen LogP contribution is -2.26. The second-order valence-corrected chi connectivity index (χ2v) is 6.08. The van der Waals surface area contributed by atoms with E-state index >= 15 is 0 Å². The number of rotatable bonds is 5. The van der Waals surface area contributed by atoms with Crippen LogP contribution in [0.3, 0.4) is 0 Å². The van der Waals surface area contributed by atoms with Gasteiger partial charge in [-0.1, -0.05) is 11.6 Å². The molecular weight excluding hydrogens is 320 g/mol. The molecule has 1 heterocycles. The van der Waals surface area contributed by atoms with E-state index in [2.05, 4.69) is 10.2 Å². The number of nitrogens with zero attached hydrogens (tertiary/aromatic N) is 3. The fraction of sp³-hybridized carbons (Fsp3) is 0.333. The first kappa shape index (κ1) is 15.5. The average molecular weight is 335 g/mol. The van der Waals surface area contributed by atoms with Gasteiger partial charge in [-0.25, -0.2) is 0 Å². The van der Waals surface area contributed by atoms with E-state index in [0.717, 1.165) is 18.5 Å². The van der Waals surface area contributed by atoms with Gasteiger partial charge in [0, 0.05) is 42.4 Å². The number of benzene rings is 1. The Bertz CT molecular complexity index is 770. The minimum Gasteiger partial charge on any atom is -0.336 e. The summed E-state index contributed by atoms with van der Waals surface area (Å²) in [7, 11) is 1.61. The third kappa shape index (κ3) is 3.34. The third-order valence-corrected chi connectivity index (χ3v) is 4.20. The van der Waals surface area contributed by atoms with Gasteiger partial charge in [0.25, 0.3) is 11.6 Å². The van der Waals surface area contributed by atoms with Gasteiger partial charge in [-0.3, -0.25) is 20.0 Å². The third-order valence-electron chi connectivity index (χ3n) is 3.83. The number of hydrogen-bond donors (Lipinski definition) is 1. The van der Waals surface area contributed by atoms with Crippen molar-refractivity contribution in [3.05, 3.63) is 56.4 Å². The number of aromatic amines is 1. The minimum absolute atomic E-state index is 0.0546. The largest absolute Gasteiger partial charge is 0.336 e. The maximum atomic E-state index is 12.4. The maximum absolute atomic E-state index is 12.4. The first-order valence-corrected chi connectivity index (χ1v) is 7.57. The number of hydrogen-bond acceptors (Lipinski definition) is 4. The SMILES string of the molecule is CN(Cc1cc([N+](=O)[O-])ccc1Cl)C(=O)c1cc(C2CC2)[nH]n1. The van der Waals surface area contributed by atoms with Crippen molar-refractivity contribution in [3.63, 3.8) is 0 Å². The van der Waals surface area contributed by atoms with E-state index in [1.54, 1.807) is 13.1 Å². The van der Waals surface area contributed by atoms with Crippen LogP contribution >= 0.6 is 11.6 Å². The molecular formula is C15H15ClN4O3. The number of carbonyl (C=O) groups is 1. The molecule has 0 saturated heterocycles. The highest BCUT2D eigenvalue weighted by Crippen LogP contribution is 2.39. The predicted molar refractivity (Wildman–Crippen MR) is 84.5 cm³/mol. The lowest BCUT2D eigenvalue weighted by molar-refractivity contribution is -0.384. The van der Waals surface area contributed by atoms with Crippen molar-refractivity contribution < 1.29 is 9.72 Å². The zero-order valence-electron chi connectivity index (χ0n) is 12.5. The molecule has 2 aromatic rings. The van der Waals surface area contributed by atoms with Crippen LogP contribution < -0.4 is 0 Å². The highest BCUT2D eigenvalue weighted by atomic mass is 35.5. The van der Waals surface area contributed by atoms with Crippen LogP contribution in [0.4, 0.5) is 5.69 Å². The van der Waals surface area contributed by atoms with Gasteiger partial charge < -0.3 is 4.90 Å². The molecule has 120 valence electrons. The van der Waals surface area contributed by atoms with Gasteiger partial charge in [0.15, 0.2) is 0 Å². The summed E-state index contributed by atoms with van der Waals surface area (Å²) in [6.45, 7) is 0.172. The molecule has 23 heavy (non-hydrogen) atoms. The molecule has 1 aliphatic rings. The highest BCUT2D eigenvalue weighted by molar-refractivity contribution is 6.31. The molecule has 0 atom stereocenters. The van der Waals surface area contributed by atoms with Gasteiger partial charge in [0.1, 0.15) is 5.69 Å². The maximum Gasteiger partial charge on any atom is 0.274 e. The first-order chi connectivity index (χ1) is 11.0. The zero-order chi connectivity index (χ0) is 16.6. The number of H-pyrrole nitrogens is 1. The molecule has 1 N–H and O–H groups in total. The summed E-state index contributed by atoms with van der Waals surface area (Å²) in [5.74, 6) is 0.233. The van der Waals surface area contributed by atoms with E-state index in [-0.39, 0.29) is 18.1 Å². The summed E-state index contributed by atoms with van der Waals surface area (Å²) in [4.78, 5) is 24.2. The molecule has 0 unspecified atom stereocenters. The van der Waals surface area contributed by atoms with Gasteiger partial charge in [0.05, 0.1) is 4.92 Å².